The minimum Gasteiger partial charge on any atom is -0.349 e. The highest BCUT2D eigenvalue weighted by atomic mass is 32.2. The Hall–Kier alpha value is -0.730. The smallest absolute Gasteiger partial charge is 0.208 e. The van der Waals surface area contributed by atoms with Crippen molar-refractivity contribution >= 4 is 16.9 Å². The van der Waals surface area contributed by atoms with E-state index < -0.39 is 0 Å². The van der Waals surface area contributed by atoms with Gasteiger partial charge in [-0.3, -0.25) is 4.90 Å². The third kappa shape index (κ3) is 2.18. The molecule has 2 bridgehead atoms. The minimum atomic E-state index is 0.642. The maximum Gasteiger partial charge on any atom is 0.208 e. The number of nitrogens with zero attached hydrogens (tertiary/aromatic N) is 4. The fourth-order valence-electron chi connectivity index (χ4n) is 2.77. The topological polar surface area (TPSA) is 42.6 Å². The van der Waals surface area contributed by atoms with Gasteiger partial charge in [0.25, 0.3) is 0 Å². The lowest BCUT2D eigenvalue weighted by molar-refractivity contribution is 0.246. The molecule has 2 rings (SSSR count). The van der Waals surface area contributed by atoms with Gasteiger partial charge in [-0.15, -0.1) is 4.99 Å². The molecule has 0 spiro atoms. The molecule has 0 amide bonds. The molecule has 88 valence electrons. The fourth-order valence-corrected chi connectivity index (χ4v) is 3.33. The molecule has 16 heavy (non-hydrogen) atoms. The third-order valence-electron chi connectivity index (χ3n) is 3.75. The first-order valence-corrected chi connectivity index (χ1v) is 6.96. The van der Waals surface area contributed by atoms with Crippen LogP contribution in [0.25, 0.3) is 0 Å². The summed E-state index contributed by atoms with van der Waals surface area (Å²) in [5, 5.41) is 9.54. The standard InChI is InChI=1S/C11H18N4S/c1-14-9-3-4-10(14)7-15(6-5-9)11(16-2)13-8-12/h9-10H,3-7H2,1-2H3. The predicted octanol–water partition coefficient (Wildman–Crippen LogP) is 1.35. The van der Waals surface area contributed by atoms with E-state index in [0.29, 0.717) is 6.04 Å². The molecule has 0 aliphatic carbocycles. The monoisotopic (exact) mass is 238 g/mol. The lowest BCUT2D eigenvalue weighted by Gasteiger charge is -2.26. The second-order valence-corrected chi connectivity index (χ2v) is 5.26. The van der Waals surface area contributed by atoms with Crippen molar-refractivity contribution in [1.29, 1.82) is 5.26 Å². The summed E-state index contributed by atoms with van der Waals surface area (Å²) in [6, 6.07) is 1.38. The summed E-state index contributed by atoms with van der Waals surface area (Å²) in [7, 11) is 2.23. The van der Waals surface area contributed by atoms with Gasteiger partial charge in [0.15, 0.2) is 5.17 Å². The Bertz CT molecular complexity index is 322. The van der Waals surface area contributed by atoms with E-state index in [1.54, 1.807) is 11.8 Å². The number of hydrogen-bond acceptors (Lipinski definition) is 4. The van der Waals surface area contributed by atoms with E-state index in [2.05, 4.69) is 21.8 Å². The zero-order valence-electron chi connectivity index (χ0n) is 9.89. The average Bonchev–Trinajstić information content (AvgIpc) is 2.51. The minimum absolute atomic E-state index is 0.642. The number of likely N-dealkylation sites (N-methyl/N-ethyl adjacent to an activating group) is 1. The SMILES string of the molecule is CSC(=NC#N)N1CCC2CCC(C1)N2C. The van der Waals surface area contributed by atoms with Crippen molar-refractivity contribution in [2.45, 2.75) is 31.3 Å². The van der Waals surface area contributed by atoms with Crippen molar-refractivity contribution in [1.82, 2.24) is 9.80 Å². The molecule has 2 heterocycles. The summed E-state index contributed by atoms with van der Waals surface area (Å²) >= 11 is 1.57. The number of thioether (sulfide) groups is 1. The second-order valence-electron chi connectivity index (χ2n) is 4.48. The molecule has 0 aromatic carbocycles. The molecule has 0 N–H and O–H groups in total. The van der Waals surface area contributed by atoms with E-state index in [1.807, 2.05) is 12.4 Å². The van der Waals surface area contributed by atoms with Crippen LogP contribution in [0.5, 0.6) is 0 Å². The number of aliphatic imine (C=N–C) groups is 1. The van der Waals surface area contributed by atoms with Crippen LogP contribution >= 0.6 is 11.8 Å². The molecular formula is C11H18N4S. The van der Waals surface area contributed by atoms with Gasteiger partial charge in [-0.2, -0.15) is 5.26 Å². The number of hydrogen-bond donors (Lipinski definition) is 0. The molecule has 0 saturated carbocycles. The quantitative estimate of drug-likeness (QED) is 0.363. The molecule has 0 radical (unpaired) electrons. The molecule has 2 aliphatic rings. The Morgan fingerprint density at radius 1 is 1.38 bits per heavy atom. The molecule has 2 aliphatic heterocycles. The van der Waals surface area contributed by atoms with Crippen LogP contribution in [0, 0.1) is 11.5 Å². The Balaban J connectivity index is 2.09. The zero-order valence-corrected chi connectivity index (χ0v) is 10.7. The molecule has 2 unspecified atom stereocenters. The summed E-state index contributed by atoms with van der Waals surface area (Å²) in [4.78, 5) is 8.69. The average molecular weight is 238 g/mol. The van der Waals surface area contributed by atoms with Crippen molar-refractivity contribution < 1.29 is 0 Å². The highest BCUT2D eigenvalue weighted by Crippen LogP contribution is 2.29. The van der Waals surface area contributed by atoms with Gasteiger partial charge in [-0.25, -0.2) is 0 Å². The zero-order chi connectivity index (χ0) is 11.5. The van der Waals surface area contributed by atoms with Crippen LogP contribution in [-0.2, 0) is 0 Å². The first-order chi connectivity index (χ1) is 7.76. The van der Waals surface area contributed by atoms with Gasteiger partial charge in [0.2, 0.25) is 6.19 Å². The maximum absolute atomic E-state index is 8.66. The predicted molar refractivity (Wildman–Crippen MR) is 67.3 cm³/mol. The number of amidine groups is 1. The van der Waals surface area contributed by atoms with Crippen LogP contribution in [0.4, 0.5) is 0 Å². The van der Waals surface area contributed by atoms with Crippen LogP contribution in [0.15, 0.2) is 4.99 Å². The van der Waals surface area contributed by atoms with Gasteiger partial charge in [0, 0.05) is 25.2 Å². The van der Waals surface area contributed by atoms with Gasteiger partial charge in [-0.1, -0.05) is 11.8 Å². The Labute approximate surface area is 101 Å². The molecule has 2 saturated heterocycles. The molecular weight excluding hydrogens is 220 g/mol. The molecule has 0 aromatic heterocycles. The van der Waals surface area contributed by atoms with Crippen molar-refractivity contribution in [3.63, 3.8) is 0 Å². The second kappa shape index (κ2) is 5.07. The van der Waals surface area contributed by atoms with Crippen molar-refractivity contribution in [2.24, 2.45) is 4.99 Å². The number of fused-ring (bicyclic) bond motifs is 2. The summed E-state index contributed by atoms with van der Waals surface area (Å²) in [6.07, 6.45) is 7.70. The third-order valence-corrected chi connectivity index (χ3v) is 4.46. The summed E-state index contributed by atoms with van der Waals surface area (Å²) < 4.78 is 0. The van der Waals surface area contributed by atoms with E-state index in [1.165, 1.54) is 19.3 Å². The van der Waals surface area contributed by atoms with Crippen molar-refractivity contribution in [3.8, 4) is 6.19 Å². The van der Waals surface area contributed by atoms with E-state index in [-0.39, 0.29) is 0 Å². The highest BCUT2D eigenvalue weighted by Gasteiger charge is 2.35. The van der Waals surface area contributed by atoms with E-state index in [4.69, 9.17) is 5.26 Å². The van der Waals surface area contributed by atoms with Crippen LogP contribution in [0.2, 0.25) is 0 Å². The maximum atomic E-state index is 8.66. The van der Waals surface area contributed by atoms with Crippen LogP contribution in [-0.4, -0.2) is 53.4 Å². The summed E-state index contributed by atoms with van der Waals surface area (Å²) in [5.74, 6) is 0. The Morgan fingerprint density at radius 3 is 2.81 bits per heavy atom. The first kappa shape index (κ1) is 11.7. The summed E-state index contributed by atoms with van der Waals surface area (Å²) in [5.41, 5.74) is 0. The van der Waals surface area contributed by atoms with E-state index >= 15 is 0 Å². The largest absolute Gasteiger partial charge is 0.349 e. The van der Waals surface area contributed by atoms with Gasteiger partial charge in [-0.05, 0) is 32.6 Å². The molecule has 4 nitrogen and oxygen atoms in total. The number of rotatable bonds is 0. The highest BCUT2D eigenvalue weighted by molar-refractivity contribution is 8.13. The first-order valence-electron chi connectivity index (χ1n) is 5.74. The lowest BCUT2D eigenvalue weighted by Crippen LogP contribution is -2.38. The van der Waals surface area contributed by atoms with Crippen molar-refractivity contribution in [2.75, 3.05) is 26.4 Å². The van der Waals surface area contributed by atoms with E-state index in [9.17, 15) is 0 Å². The Morgan fingerprint density at radius 2 is 2.12 bits per heavy atom. The van der Waals surface area contributed by atoms with Gasteiger partial charge in [0.05, 0.1) is 0 Å². The Kier molecular flexibility index (Phi) is 3.72. The molecule has 2 atom stereocenters. The fraction of sp³-hybridized carbons (Fsp3) is 0.818. The molecule has 2 fully saturated rings. The number of likely N-dealkylation sites (tertiary alicyclic amines) is 1. The summed E-state index contributed by atoms with van der Waals surface area (Å²) in [6.45, 7) is 2.06. The lowest BCUT2D eigenvalue weighted by atomic mass is 10.1. The van der Waals surface area contributed by atoms with E-state index in [0.717, 1.165) is 24.3 Å². The van der Waals surface area contributed by atoms with Gasteiger partial charge in [0.1, 0.15) is 0 Å². The van der Waals surface area contributed by atoms with Gasteiger partial charge < -0.3 is 4.90 Å². The van der Waals surface area contributed by atoms with Crippen molar-refractivity contribution in [3.05, 3.63) is 0 Å². The molecule has 5 heteroatoms. The van der Waals surface area contributed by atoms with Crippen LogP contribution < -0.4 is 0 Å². The van der Waals surface area contributed by atoms with Gasteiger partial charge >= 0.3 is 0 Å². The van der Waals surface area contributed by atoms with Crippen LogP contribution in [0.3, 0.4) is 0 Å². The number of nitriles is 1. The molecule has 0 aromatic rings. The van der Waals surface area contributed by atoms with Crippen LogP contribution in [0.1, 0.15) is 19.3 Å². The normalized spacial score (nSPS) is 31.3.